The van der Waals surface area contributed by atoms with E-state index in [2.05, 4.69) is 18.4 Å². The Kier molecular flexibility index (Phi) is 28.0. The van der Waals surface area contributed by atoms with E-state index in [0.717, 1.165) is 38.5 Å². The highest BCUT2D eigenvalue weighted by molar-refractivity contribution is 7.47. The Balaban J connectivity index is 4.44. The second kappa shape index (κ2) is 28.7. The standard InChI is InChI=1S/C31H61O10P/c1-3-5-7-9-11-13-15-17-19-21-23-31(35)41-29(27-40-42(36,37)39-25-28(33)24-32)26-38-30(34)22-20-18-16-14-12-10-8-6-4-2/h28-29,32-33H,3-27H2,1-2H3,(H,36,37). The minimum absolute atomic E-state index is 0.190. The highest BCUT2D eigenvalue weighted by Crippen LogP contribution is 2.43. The Bertz CT molecular complexity index is 691. The van der Waals surface area contributed by atoms with E-state index in [-0.39, 0.29) is 19.4 Å². The van der Waals surface area contributed by atoms with Crippen LogP contribution in [0, 0.1) is 0 Å². The number of esters is 2. The summed E-state index contributed by atoms with van der Waals surface area (Å²) in [5, 5.41) is 18.2. The zero-order chi connectivity index (χ0) is 31.3. The summed E-state index contributed by atoms with van der Waals surface area (Å²) in [6, 6.07) is 0. The number of ether oxygens (including phenoxy) is 2. The van der Waals surface area contributed by atoms with Crippen LogP contribution in [0.5, 0.6) is 0 Å². The second-order valence-electron chi connectivity index (χ2n) is 11.2. The lowest BCUT2D eigenvalue weighted by Crippen LogP contribution is -2.29. The molecule has 11 heteroatoms. The van der Waals surface area contributed by atoms with E-state index in [9.17, 15) is 24.2 Å². The number of phosphoric ester groups is 1. The Morgan fingerprint density at radius 2 is 1.02 bits per heavy atom. The fourth-order valence-electron chi connectivity index (χ4n) is 4.40. The molecular formula is C31H61O10P. The molecule has 250 valence electrons. The molecule has 0 aliphatic heterocycles. The zero-order valence-corrected chi connectivity index (χ0v) is 27.4. The average molecular weight is 625 g/mol. The summed E-state index contributed by atoms with van der Waals surface area (Å²) >= 11 is 0. The van der Waals surface area contributed by atoms with E-state index in [0.29, 0.717) is 12.8 Å². The third-order valence-electron chi connectivity index (χ3n) is 7.01. The maximum absolute atomic E-state index is 12.4. The third-order valence-corrected chi connectivity index (χ3v) is 7.96. The van der Waals surface area contributed by atoms with Crippen LogP contribution >= 0.6 is 7.82 Å². The predicted octanol–water partition coefficient (Wildman–Crippen LogP) is 7.16. The molecule has 0 radical (unpaired) electrons. The number of rotatable bonds is 31. The summed E-state index contributed by atoms with van der Waals surface area (Å²) in [5.41, 5.74) is 0. The van der Waals surface area contributed by atoms with Crippen LogP contribution < -0.4 is 0 Å². The molecule has 0 amide bonds. The van der Waals surface area contributed by atoms with E-state index in [1.165, 1.54) is 70.6 Å². The molecule has 0 bridgehead atoms. The van der Waals surface area contributed by atoms with Crippen molar-refractivity contribution >= 4 is 19.8 Å². The number of aliphatic hydroxyl groups is 2. The molecule has 3 N–H and O–H groups in total. The lowest BCUT2D eigenvalue weighted by molar-refractivity contribution is -0.161. The van der Waals surface area contributed by atoms with Gasteiger partial charge in [0.15, 0.2) is 6.10 Å². The lowest BCUT2D eigenvalue weighted by Gasteiger charge is -2.20. The van der Waals surface area contributed by atoms with Gasteiger partial charge in [-0.05, 0) is 12.8 Å². The summed E-state index contributed by atoms with van der Waals surface area (Å²) in [7, 11) is -4.59. The molecule has 0 aromatic heterocycles. The monoisotopic (exact) mass is 624 g/mol. The van der Waals surface area contributed by atoms with Gasteiger partial charge >= 0.3 is 19.8 Å². The quantitative estimate of drug-likeness (QED) is 0.0412. The van der Waals surface area contributed by atoms with Crippen LogP contribution in [-0.4, -0.2) is 65.7 Å². The van der Waals surface area contributed by atoms with Crippen molar-refractivity contribution < 1.29 is 47.8 Å². The first-order chi connectivity index (χ1) is 20.2. The summed E-state index contributed by atoms with van der Waals surface area (Å²) in [6.45, 7) is 2.32. The van der Waals surface area contributed by atoms with E-state index in [4.69, 9.17) is 19.1 Å². The molecule has 0 aliphatic carbocycles. The minimum Gasteiger partial charge on any atom is -0.462 e. The van der Waals surface area contributed by atoms with Crippen LogP contribution in [0.1, 0.15) is 149 Å². The zero-order valence-electron chi connectivity index (χ0n) is 26.5. The van der Waals surface area contributed by atoms with Crippen molar-refractivity contribution in [1.82, 2.24) is 0 Å². The highest BCUT2D eigenvalue weighted by Gasteiger charge is 2.27. The molecule has 42 heavy (non-hydrogen) atoms. The maximum atomic E-state index is 12.4. The first kappa shape index (κ1) is 41.0. The Labute approximate surface area is 254 Å². The first-order valence-corrected chi connectivity index (χ1v) is 18.0. The van der Waals surface area contributed by atoms with Crippen LogP contribution in [0.2, 0.25) is 0 Å². The van der Waals surface area contributed by atoms with E-state index in [1.807, 2.05) is 0 Å². The normalized spacial score (nSPS) is 14.3. The van der Waals surface area contributed by atoms with Crippen LogP contribution in [0.4, 0.5) is 0 Å². The van der Waals surface area contributed by atoms with E-state index in [1.54, 1.807) is 0 Å². The minimum atomic E-state index is -4.59. The SMILES string of the molecule is CCCCCCCCCCCCC(=O)OC(COC(=O)CCCCCCCCCCC)COP(=O)(O)OCC(O)CO. The van der Waals surface area contributed by atoms with Gasteiger partial charge in [0.1, 0.15) is 12.7 Å². The van der Waals surface area contributed by atoms with Crippen molar-refractivity contribution in [3.8, 4) is 0 Å². The van der Waals surface area contributed by atoms with Gasteiger partial charge in [-0.15, -0.1) is 0 Å². The average Bonchev–Trinajstić information content (AvgIpc) is 2.97. The van der Waals surface area contributed by atoms with Gasteiger partial charge in [0, 0.05) is 12.8 Å². The van der Waals surface area contributed by atoms with Crippen molar-refractivity contribution in [3.63, 3.8) is 0 Å². The fourth-order valence-corrected chi connectivity index (χ4v) is 5.19. The second-order valence-corrected chi connectivity index (χ2v) is 12.7. The highest BCUT2D eigenvalue weighted by atomic mass is 31.2. The Morgan fingerprint density at radius 3 is 1.48 bits per heavy atom. The Morgan fingerprint density at radius 1 is 0.619 bits per heavy atom. The Hall–Kier alpha value is -1.03. The molecule has 0 heterocycles. The predicted molar refractivity (Wildman–Crippen MR) is 164 cm³/mol. The maximum Gasteiger partial charge on any atom is 0.472 e. The molecule has 0 rings (SSSR count). The molecule has 10 nitrogen and oxygen atoms in total. The number of carbonyl (C=O) groups is 2. The number of hydrogen-bond donors (Lipinski definition) is 3. The van der Waals surface area contributed by atoms with Gasteiger partial charge in [0.25, 0.3) is 0 Å². The molecule has 3 unspecified atom stereocenters. The number of hydrogen-bond acceptors (Lipinski definition) is 9. The smallest absolute Gasteiger partial charge is 0.462 e. The first-order valence-electron chi connectivity index (χ1n) is 16.5. The molecular weight excluding hydrogens is 563 g/mol. The molecule has 0 fully saturated rings. The topological polar surface area (TPSA) is 149 Å². The number of aliphatic hydroxyl groups excluding tert-OH is 2. The lowest BCUT2D eigenvalue weighted by atomic mass is 10.1. The number of carbonyl (C=O) groups excluding carboxylic acids is 2. The van der Waals surface area contributed by atoms with Gasteiger partial charge in [0.05, 0.1) is 19.8 Å². The number of phosphoric acid groups is 1. The van der Waals surface area contributed by atoms with Gasteiger partial charge in [-0.3, -0.25) is 18.6 Å². The largest absolute Gasteiger partial charge is 0.472 e. The van der Waals surface area contributed by atoms with E-state index < -0.39 is 51.8 Å². The molecule has 0 saturated heterocycles. The van der Waals surface area contributed by atoms with Gasteiger partial charge in [0.2, 0.25) is 0 Å². The summed E-state index contributed by atoms with van der Waals surface area (Å²) in [5.74, 6) is -0.925. The van der Waals surface area contributed by atoms with Gasteiger partial charge < -0.3 is 24.6 Å². The third kappa shape index (κ3) is 27.8. The van der Waals surface area contributed by atoms with Crippen molar-refractivity contribution in [2.45, 2.75) is 161 Å². The van der Waals surface area contributed by atoms with Gasteiger partial charge in [-0.1, -0.05) is 123 Å². The fraction of sp³-hybridized carbons (Fsp3) is 0.935. The molecule has 0 aliphatic rings. The molecule has 0 saturated carbocycles. The van der Waals surface area contributed by atoms with Crippen LogP contribution in [-0.2, 0) is 32.7 Å². The van der Waals surface area contributed by atoms with Crippen LogP contribution in [0.15, 0.2) is 0 Å². The molecule has 0 spiro atoms. The molecule has 3 atom stereocenters. The summed E-state index contributed by atoms with van der Waals surface area (Å²) < 4.78 is 32.3. The molecule has 0 aromatic rings. The number of unbranched alkanes of at least 4 members (excludes halogenated alkanes) is 17. The summed E-state index contributed by atoms with van der Waals surface area (Å²) in [4.78, 5) is 34.5. The van der Waals surface area contributed by atoms with E-state index >= 15 is 0 Å². The summed E-state index contributed by atoms with van der Waals surface area (Å²) in [6.07, 6.45) is 19.5. The molecule has 0 aromatic carbocycles. The van der Waals surface area contributed by atoms with Crippen molar-refractivity contribution in [2.75, 3.05) is 26.4 Å². The van der Waals surface area contributed by atoms with Crippen LogP contribution in [0.25, 0.3) is 0 Å². The van der Waals surface area contributed by atoms with Crippen LogP contribution in [0.3, 0.4) is 0 Å². The van der Waals surface area contributed by atoms with Gasteiger partial charge in [-0.25, -0.2) is 4.57 Å². The van der Waals surface area contributed by atoms with Crippen molar-refractivity contribution in [3.05, 3.63) is 0 Å². The van der Waals surface area contributed by atoms with Gasteiger partial charge in [-0.2, -0.15) is 0 Å². The van der Waals surface area contributed by atoms with Crippen molar-refractivity contribution in [2.24, 2.45) is 0 Å². The van der Waals surface area contributed by atoms with Crippen molar-refractivity contribution in [1.29, 1.82) is 0 Å².